The van der Waals surface area contributed by atoms with Gasteiger partial charge in [0.25, 0.3) is 0 Å². The summed E-state index contributed by atoms with van der Waals surface area (Å²) in [4.78, 5) is 9.98. The zero-order chi connectivity index (χ0) is 13.9. The van der Waals surface area contributed by atoms with E-state index < -0.39 is 0 Å². The second-order valence-electron chi connectivity index (χ2n) is 4.10. The van der Waals surface area contributed by atoms with Crippen LogP contribution in [0.2, 0.25) is 0 Å². The minimum Gasteiger partial charge on any atom is -0.356 e. The number of hydrogen-bond donors (Lipinski definition) is 2. The number of thioether (sulfide) groups is 1. The predicted molar refractivity (Wildman–Crippen MR) is 103 cm³/mol. The molecule has 0 fully saturated rings. The number of aromatic nitrogens is 1. The highest BCUT2D eigenvalue weighted by Crippen LogP contribution is 2.13. The maximum absolute atomic E-state index is 4.41. The van der Waals surface area contributed by atoms with Crippen LogP contribution in [0.4, 0.5) is 0 Å². The molecule has 0 unspecified atom stereocenters. The van der Waals surface area contributed by atoms with Gasteiger partial charge in [0.15, 0.2) is 5.96 Å². The predicted octanol–water partition coefficient (Wildman–Crippen LogP) is 2.78. The molecule has 1 rings (SSSR count). The molecular formula is C13H25IN4S2. The molecule has 0 aliphatic heterocycles. The Kier molecular flexibility index (Phi) is 12.7. The van der Waals surface area contributed by atoms with E-state index in [-0.39, 0.29) is 24.0 Å². The molecule has 0 aliphatic rings. The standard InChI is InChI=1S/C13H24N4S2.HI/c1-4-11-10-17-12(19-11)6-8-16-13(14-2)15-7-5-9-18-3;/h10H,4-9H2,1-3H3,(H2,14,15,16);1H. The number of hydrogen-bond acceptors (Lipinski definition) is 4. The van der Waals surface area contributed by atoms with Crippen LogP contribution in [0.3, 0.4) is 0 Å². The van der Waals surface area contributed by atoms with Crippen molar-refractivity contribution in [2.75, 3.05) is 32.1 Å². The van der Waals surface area contributed by atoms with Gasteiger partial charge in [-0.15, -0.1) is 35.3 Å². The zero-order valence-corrected chi connectivity index (χ0v) is 16.4. The molecule has 2 N–H and O–H groups in total. The summed E-state index contributed by atoms with van der Waals surface area (Å²) in [5.41, 5.74) is 0. The van der Waals surface area contributed by atoms with Crippen molar-refractivity contribution in [3.8, 4) is 0 Å². The van der Waals surface area contributed by atoms with Crippen molar-refractivity contribution in [1.82, 2.24) is 15.6 Å². The van der Waals surface area contributed by atoms with Gasteiger partial charge in [-0.05, 0) is 24.9 Å². The first kappa shape index (κ1) is 20.0. The Morgan fingerprint density at radius 2 is 2.15 bits per heavy atom. The molecule has 0 aliphatic carbocycles. The van der Waals surface area contributed by atoms with Crippen LogP contribution in [0.5, 0.6) is 0 Å². The van der Waals surface area contributed by atoms with E-state index in [2.05, 4.69) is 33.8 Å². The first-order chi connectivity index (χ1) is 9.30. The summed E-state index contributed by atoms with van der Waals surface area (Å²) in [6, 6.07) is 0. The van der Waals surface area contributed by atoms with E-state index in [1.807, 2.05) is 25.0 Å². The van der Waals surface area contributed by atoms with E-state index >= 15 is 0 Å². The highest BCUT2D eigenvalue weighted by Gasteiger charge is 2.01. The molecule has 0 saturated heterocycles. The maximum atomic E-state index is 4.41. The quantitative estimate of drug-likeness (QED) is 0.289. The molecule has 0 atom stereocenters. The van der Waals surface area contributed by atoms with Crippen LogP contribution in [0.15, 0.2) is 11.2 Å². The van der Waals surface area contributed by atoms with Crippen molar-refractivity contribution < 1.29 is 0 Å². The second kappa shape index (κ2) is 12.7. The lowest BCUT2D eigenvalue weighted by Crippen LogP contribution is -2.38. The third-order valence-corrected chi connectivity index (χ3v) is 4.52. The Bertz CT molecular complexity index is 382. The molecule has 1 aromatic rings. The summed E-state index contributed by atoms with van der Waals surface area (Å²) in [5, 5.41) is 7.83. The molecule has 0 saturated carbocycles. The third-order valence-electron chi connectivity index (χ3n) is 2.62. The van der Waals surface area contributed by atoms with Crippen LogP contribution >= 0.6 is 47.1 Å². The second-order valence-corrected chi connectivity index (χ2v) is 6.28. The molecule has 4 nitrogen and oxygen atoms in total. The highest BCUT2D eigenvalue weighted by molar-refractivity contribution is 14.0. The highest BCUT2D eigenvalue weighted by atomic mass is 127. The van der Waals surface area contributed by atoms with Crippen LogP contribution in [0.1, 0.15) is 23.2 Å². The summed E-state index contributed by atoms with van der Waals surface area (Å²) < 4.78 is 0. The molecule has 1 heterocycles. The number of nitrogens with zero attached hydrogens (tertiary/aromatic N) is 2. The lowest BCUT2D eigenvalue weighted by Gasteiger charge is -2.10. The van der Waals surface area contributed by atoms with E-state index in [1.165, 1.54) is 15.6 Å². The first-order valence-corrected chi connectivity index (χ1v) is 8.88. The van der Waals surface area contributed by atoms with Gasteiger partial charge in [-0.2, -0.15) is 11.8 Å². The molecule has 0 radical (unpaired) electrons. The summed E-state index contributed by atoms with van der Waals surface area (Å²) in [7, 11) is 1.81. The van der Waals surface area contributed by atoms with Gasteiger partial charge < -0.3 is 10.6 Å². The Balaban J connectivity index is 0.00000361. The number of guanidine groups is 1. The average Bonchev–Trinajstić information content (AvgIpc) is 2.89. The van der Waals surface area contributed by atoms with Gasteiger partial charge in [-0.25, -0.2) is 4.98 Å². The van der Waals surface area contributed by atoms with Gasteiger partial charge in [0.2, 0.25) is 0 Å². The van der Waals surface area contributed by atoms with Crippen LogP contribution in [-0.4, -0.2) is 43.1 Å². The Morgan fingerprint density at radius 3 is 2.75 bits per heavy atom. The van der Waals surface area contributed by atoms with Crippen molar-refractivity contribution in [2.45, 2.75) is 26.2 Å². The van der Waals surface area contributed by atoms with E-state index in [1.54, 1.807) is 11.3 Å². The van der Waals surface area contributed by atoms with Crippen molar-refractivity contribution in [3.05, 3.63) is 16.1 Å². The van der Waals surface area contributed by atoms with Crippen LogP contribution in [-0.2, 0) is 12.8 Å². The molecule has 0 aromatic carbocycles. The summed E-state index contributed by atoms with van der Waals surface area (Å²) in [6.45, 7) is 4.01. The van der Waals surface area contributed by atoms with Gasteiger partial charge >= 0.3 is 0 Å². The van der Waals surface area contributed by atoms with Crippen molar-refractivity contribution >= 4 is 53.0 Å². The van der Waals surface area contributed by atoms with E-state index in [0.29, 0.717) is 0 Å². The fourth-order valence-corrected chi connectivity index (χ4v) is 2.85. The lowest BCUT2D eigenvalue weighted by atomic mass is 10.4. The summed E-state index contributed by atoms with van der Waals surface area (Å²) in [5.74, 6) is 2.07. The van der Waals surface area contributed by atoms with Gasteiger partial charge in [0, 0.05) is 37.6 Å². The Labute approximate surface area is 147 Å². The van der Waals surface area contributed by atoms with E-state index in [0.717, 1.165) is 38.3 Å². The first-order valence-electron chi connectivity index (χ1n) is 6.67. The molecule has 116 valence electrons. The van der Waals surface area contributed by atoms with Gasteiger partial charge in [0.1, 0.15) is 0 Å². The number of rotatable bonds is 8. The number of thiazole rings is 1. The monoisotopic (exact) mass is 428 g/mol. The molecule has 0 spiro atoms. The summed E-state index contributed by atoms with van der Waals surface area (Å²) in [6.07, 6.45) is 7.30. The van der Waals surface area contributed by atoms with E-state index in [9.17, 15) is 0 Å². The third kappa shape index (κ3) is 8.31. The molecule has 20 heavy (non-hydrogen) atoms. The Hall–Kier alpha value is -0.0200. The van der Waals surface area contributed by atoms with Gasteiger partial charge in [-0.1, -0.05) is 6.92 Å². The number of nitrogens with one attached hydrogen (secondary N) is 2. The lowest BCUT2D eigenvalue weighted by molar-refractivity contribution is 0.775. The van der Waals surface area contributed by atoms with Gasteiger partial charge in [-0.3, -0.25) is 4.99 Å². The van der Waals surface area contributed by atoms with Crippen molar-refractivity contribution in [2.24, 2.45) is 4.99 Å². The Morgan fingerprint density at radius 1 is 1.40 bits per heavy atom. The minimum absolute atomic E-state index is 0. The summed E-state index contributed by atoms with van der Waals surface area (Å²) >= 11 is 3.68. The molecule has 0 amide bonds. The van der Waals surface area contributed by atoms with Gasteiger partial charge in [0.05, 0.1) is 5.01 Å². The minimum atomic E-state index is 0. The molecule has 1 aromatic heterocycles. The molecule has 7 heteroatoms. The van der Waals surface area contributed by atoms with Crippen molar-refractivity contribution in [1.29, 1.82) is 0 Å². The topological polar surface area (TPSA) is 49.3 Å². The fraction of sp³-hybridized carbons (Fsp3) is 0.692. The zero-order valence-electron chi connectivity index (χ0n) is 12.4. The van der Waals surface area contributed by atoms with Crippen molar-refractivity contribution in [3.63, 3.8) is 0 Å². The molecule has 0 bridgehead atoms. The largest absolute Gasteiger partial charge is 0.356 e. The van der Waals surface area contributed by atoms with E-state index in [4.69, 9.17) is 0 Å². The SMILES string of the molecule is CCc1cnc(CCNC(=NC)NCCCSC)s1.I. The number of aryl methyl sites for hydroxylation is 1. The normalized spacial score (nSPS) is 11.1. The maximum Gasteiger partial charge on any atom is 0.190 e. The molecular weight excluding hydrogens is 403 g/mol. The van der Waals surface area contributed by atoms with Crippen LogP contribution in [0.25, 0.3) is 0 Å². The average molecular weight is 428 g/mol. The number of halogens is 1. The van der Waals surface area contributed by atoms with Crippen LogP contribution < -0.4 is 10.6 Å². The smallest absolute Gasteiger partial charge is 0.190 e. The fourth-order valence-electron chi connectivity index (χ4n) is 1.56. The van der Waals surface area contributed by atoms with Crippen LogP contribution in [0, 0.1) is 0 Å². The number of aliphatic imine (C=N–C) groups is 1.